The fourth-order valence-corrected chi connectivity index (χ4v) is 4.22. The van der Waals surface area contributed by atoms with Crippen LogP contribution >= 0.6 is 0 Å². The van der Waals surface area contributed by atoms with Gasteiger partial charge in [0.1, 0.15) is 0 Å². The van der Waals surface area contributed by atoms with Crippen molar-refractivity contribution in [2.45, 2.75) is 38.0 Å². The molecule has 0 amide bonds. The van der Waals surface area contributed by atoms with Gasteiger partial charge in [-0.2, -0.15) is 0 Å². The predicted octanol–water partition coefficient (Wildman–Crippen LogP) is 3.71. The van der Waals surface area contributed by atoms with E-state index in [-0.39, 0.29) is 0 Å². The normalized spacial score (nSPS) is 22.6. The van der Waals surface area contributed by atoms with Gasteiger partial charge in [-0.05, 0) is 61.8 Å². The van der Waals surface area contributed by atoms with Crippen LogP contribution in [-0.2, 0) is 11.2 Å². The second-order valence-electron chi connectivity index (χ2n) is 6.53. The summed E-state index contributed by atoms with van der Waals surface area (Å²) in [4.78, 5) is 14.8. The first kappa shape index (κ1) is 13.8. The first-order valence-corrected chi connectivity index (χ1v) is 8.19. The number of aromatic nitrogens is 1. The monoisotopic (exact) mass is 299 g/mol. The number of nitrogens with one attached hydrogen (secondary N) is 1. The molecule has 2 heterocycles. The molecular formula is C18H21NO3. The van der Waals surface area contributed by atoms with E-state index in [1.807, 2.05) is 12.1 Å². The zero-order valence-electron chi connectivity index (χ0n) is 12.6. The van der Waals surface area contributed by atoms with E-state index >= 15 is 0 Å². The number of hydrogen-bond acceptors (Lipinski definition) is 2. The van der Waals surface area contributed by atoms with Gasteiger partial charge < -0.3 is 14.8 Å². The van der Waals surface area contributed by atoms with Gasteiger partial charge in [-0.1, -0.05) is 0 Å². The molecule has 1 aromatic carbocycles. The number of rotatable bonds is 2. The molecule has 1 aliphatic carbocycles. The number of aromatic amines is 1. The number of aromatic carboxylic acids is 1. The van der Waals surface area contributed by atoms with E-state index < -0.39 is 5.97 Å². The van der Waals surface area contributed by atoms with Gasteiger partial charge in [0.15, 0.2) is 0 Å². The smallest absolute Gasteiger partial charge is 0.335 e. The van der Waals surface area contributed by atoms with Crippen molar-refractivity contribution in [1.29, 1.82) is 0 Å². The van der Waals surface area contributed by atoms with Crippen LogP contribution in [-0.4, -0.2) is 29.3 Å². The van der Waals surface area contributed by atoms with Crippen LogP contribution in [0.2, 0.25) is 0 Å². The fraction of sp³-hybridized carbons (Fsp3) is 0.500. The van der Waals surface area contributed by atoms with Gasteiger partial charge in [0.25, 0.3) is 0 Å². The van der Waals surface area contributed by atoms with Gasteiger partial charge in [-0.15, -0.1) is 0 Å². The van der Waals surface area contributed by atoms with Gasteiger partial charge >= 0.3 is 5.97 Å². The summed E-state index contributed by atoms with van der Waals surface area (Å²) in [6.45, 7) is 1.75. The Morgan fingerprint density at radius 1 is 1.23 bits per heavy atom. The minimum atomic E-state index is -0.853. The number of aryl methyl sites for hydroxylation is 1. The van der Waals surface area contributed by atoms with Crippen LogP contribution in [0.25, 0.3) is 10.9 Å². The molecule has 0 radical (unpaired) electrons. The number of benzene rings is 1. The molecule has 4 rings (SSSR count). The number of fused-ring (bicyclic) bond motifs is 3. The molecule has 0 saturated carbocycles. The molecule has 1 saturated heterocycles. The summed E-state index contributed by atoms with van der Waals surface area (Å²) in [7, 11) is 0. The maximum Gasteiger partial charge on any atom is 0.335 e. The Morgan fingerprint density at radius 3 is 2.82 bits per heavy atom. The maximum atomic E-state index is 11.2. The summed E-state index contributed by atoms with van der Waals surface area (Å²) in [6, 6.07) is 5.44. The van der Waals surface area contributed by atoms with E-state index in [1.54, 1.807) is 6.07 Å². The first-order chi connectivity index (χ1) is 10.7. The molecule has 2 N–H and O–H groups in total. The lowest BCUT2D eigenvalue weighted by Crippen LogP contribution is -2.24. The summed E-state index contributed by atoms with van der Waals surface area (Å²) < 4.78 is 5.50. The Hall–Kier alpha value is -1.81. The van der Waals surface area contributed by atoms with Crippen molar-refractivity contribution in [3.05, 3.63) is 35.0 Å². The minimum Gasteiger partial charge on any atom is -0.478 e. The zero-order valence-corrected chi connectivity index (χ0v) is 12.6. The second-order valence-corrected chi connectivity index (χ2v) is 6.53. The average Bonchev–Trinajstić information content (AvgIpc) is 2.93. The predicted molar refractivity (Wildman–Crippen MR) is 84.5 cm³/mol. The molecule has 4 nitrogen and oxygen atoms in total. The van der Waals surface area contributed by atoms with Crippen molar-refractivity contribution >= 4 is 16.9 Å². The molecule has 2 aromatic rings. The summed E-state index contributed by atoms with van der Waals surface area (Å²) in [6.07, 6.45) is 5.76. The lowest BCUT2D eigenvalue weighted by Gasteiger charge is -2.33. The minimum absolute atomic E-state index is 0.377. The van der Waals surface area contributed by atoms with Crippen LogP contribution in [0.15, 0.2) is 18.2 Å². The van der Waals surface area contributed by atoms with Crippen molar-refractivity contribution in [3.63, 3.8) is 0 Å². The van der Waals surface area contributed by atoms with E-state index in [0.29, 0.717) is 17.4 Å². The molecule has 1 unspecified atom stereocenters. The van der Waals surface area contributed by atoms with E-state index in [1.165, 1.54) is 24.1 Å². The third kappa shape index (κ3) is 2.22. The van der Waals surface area contributed by atoms with Crippen LogP contribution < -0.4 is 0 Å². The van der Waals surface area contributed by atoms with Crippen LogP contribution in [0.4, 0.5) is 0 Å². The number of carboxylic acid groups (broad SMARTS) is 1. The Kier molecular flexibility index (Phi) is 3.41. The Balaban J connectivity index is 1.78. The average molecular weight is 299 g/mol. The molecule has 1 atom stereocenters. The lowest BCUT2D eigenvalue weighted by molar-refractivity contribution is 0.0553. The van der Waals surface area contributed by atoms with E-state index in [0.717, 1.165) is 43.4 Å². The number of hydrogen-bond donors (Lipinski definition) is 2. The van der Waals surface area contributed by atoms with Crippen molar-refractivity contribution in [2.24, 2.45) is 5.92 Å². The zero-order chi connectivity index (χ0) is 15.1. The molecule has 4 heteroatoms. The molecular weight excluding hydrogens is 278 g/mol. The highest BCUT2D eigenvalue weighted by Crippen LogP contribution is 2.43. The SMILES string of the molecule is O=C(O)c1ccc2[nH]c3c(c2c1)CCCC3C1CCOCC1. The third-order valence-corrected chi connectivity index (χ3v) is 5.33. The topological polar surface area (TPSA) is 62.3 Å². The highest BCUT2D eigenvalue weighted by atomic mass is 16.5. The number of carboxylic acids is 1. The van der Waals surface area contributed by atoms with Crippen LogP contribution in [0.3, 0.4) is 0 Å². The molecule has 0 spiro atoms. The van der Waals surface area contributed by atoms with Crippen LogP contribution in [0.5, 0.6) is 0 Å². The quantitative estimate of drug-likeness (QED) is 0.888. The van der Waals surface area contributed by atoms with Gasteiger partial charge in [0.2, 0.25) is 0 Å². The molecule has 2 aliphatic rings. The van der Waals surface area contributed by atoms with E-state index in [2.05, 4.69) is 4.98 Å². The maximum absolute atomic E-state index is 11.2. The third-order valence-electron chi connectivity index (χ3n) is 5.33. The van der Waals surface area contributed by atoms with Gasteiger partial charge in [-0.25, -0.2) is 4.79 Å². The summed E-state index contributed by atoms with van der Waals surface area (Å²) in [5.41, 5.74) is 4.16. The van der Waals surface area contributed by atoms with Crippen molar-refractivity contribution < 1.29 is 14.6 Å². The Bertz CT molecular complexity index is 712. The molecule has 116 valence electrons. The lowest BCUT2D eigenvalue weighted by atomic mass is 9.76. The molecule has 1 aromatic heterocycles. The summed E-state index contributed by atoms with van der Waals surface area (Å²) in [5, 5.41) is 10.3. The van der Waals surface area contributed by atoms with E-state index in [4.69, 9.17) is 4.74 Å². The van der Waals surface area contributed by atoms with Crippen LogP contribution in [0, 0.1) is 5.92 Å². The van der Waals surface area contributed by atoms with Crippen molar-refractivity contribution in [3.8, 4) is 0 Å². The van der Waals surface area contributed by atoms with Crippen molar-refractivity contribution in [2.75, 3.05) is 13.2 Å². The number of H-pyrrole nitrogens is 1. The highest BCUT2D eigenvalue weighted by molar-refractivity contribution is 5.95. The van der Waals surface area contributed by atoms with E-state index in [9.17, 15) is 9.90 Å². The number of ether oxygens (including phenoxy) is 1. The largest absolute Gasteiger partial charge is 0.478 e. The fourth-order valence-electron chi connectivity index (χ4n) is 4.22. The number of carbonyl (C=O) groups is 1. The van der Waals surface area contributed by atoms with Gasteiger partial charge in [0, 0.05) is 35.7 Å². The van der Waals surface area contributed by atoms with Gasteiger partial charge in [0.05, 0.1) is 5.56 Å². The first-order valence-electron chi connectivity index (χ1n) is 8.19. The summed E-state index contributed by atoms with van der Waals surface area (Å²) >= 11 is 0. The Labute approximate surface area is 129 Å². The highest BCUT2D eigenvalue weighted by Gasteiger charge is 2.31. The Morgan fingerprint density at radius 2 is 2.05 bits per heavy atom. The summed E-state index contributed by atoms with van der Waals surface area (Å²) in [5.74, 6) is 0.418. The standard InChI is InChI=1S/C18H21NO3/c20-18(21)12-4-5-16-15(10-12)14-3-1-2-13(17(14)19-16)11-6-8-22-9-7-11/h4-5,10-11,13,19H,1-3,6-9H2,(H,20,21). The molecule has 0 bridgehead atoms. The van der Waals surface area contributed by atoms with Crippen LogP contribution in [0.1, 0.15) is 53.2 Å². The van der Waals surface area contributed by atoms with Crippen molar-refractivity contribution in [1.82, 2.24) is 4.98 Å². The second kappa shape index (κ2) is 5.43. The molecule has 1 aliphatic heterocycles. The van der Waals surface area contributed by atoms with Gasteiger partial charge in [-0.3, -0.25) is 0 Å². The molecule has 1 fully saturated rings. The molecule has 22 heavy (non-hydrogen) atoms.